The minimum absolute atomic E-state index is 0.00671. The van der Waals surface area contributed by atoms with Gasteiger partial charge in [-0.3, -0.25) is 0 Å². The number of nitrogens with zero attached hydrogens (tertiary/aromatic N) is 12. The van der Waals surface area contributed by atoms with Crippen LogP contribution in [0.1, 0.15) is 224 Å². The molecule has 14 aliphatic rings. The third-order valence-corrected chi connectivity index (χ3v) is 30.7. The van der Waals surface area contributed by atoms with Crippen molar-refractivity contribution in [1.29, 1.82) is 0 Å². The van der Waals surface area contributed by atoms with Crippen molar-refractivity contribution in [2.75, 3.05) is 40.9 Å². The zero-order chi connectivity index (χ0) is 95.4. The van der Waals surface area contributed by atoms with Gasteiger partial charge in [0.05, 0.1) is 19.1 Å². The lowest BCUT2D eigenvalue weighted by Gasteiger charge is -2.40. The van der Waals surface area contributed by atoms with Gasteiger partial charge < -0.3 is 58.8 Å². The quantitative estimate of drug-likeness (QED) is 0.124. The van der Waals surface area contributed by atoms with E-state index in [-0.39, 0.29) is 12.8 Å². The maximum atomic E-state index is 8.34. The smallest absolute Gasteiger partial charge is 0.137 e. The lowest BCUT2D eigenvalue weighted by Crippen LogP contribution is -2.44. The molecule has 12 heteroatoms. The largest absolute Gasteiger partial charge is 0.331 e. The summed E-state index contributed by atoms with van der Waals surface area (Å²) in [5.74, 6) is 1.57. The van der Waals surface area contributed by atoms with Gasteiger partial charge in [-0.1, -0.05) is 269 Å². The molecule has 0 aromatic heterocycles. The molecule has 0 radical (unpaired) electrons. The first kappa shape index (κ1) is 84.2. The number of anilines is 7. The van der Waals surface area contributed by atoms with Gasteiger partial charge in [0.25, 0.3) is 0 Å². The molecule has 2 fully saturated rings. The van der Waals surface area contributed by atoms with Crippen molar-refractivity contribution >= 4 is 39.8 Å². The first-order chi connectivity index (χ1) is 66.4. The first-order valence-corrected chi connectivity index (χ1v) is 48.9. The van der Waals surface area contributed by atoms with E-state index in [1.54, 1.807) is 0 Å². The van der Waals surface area contributed by atoms with Gasteiger partial charge >= 0.3 is 0 Å². The number of rotatable bonds is 11. The molecule has 0 saturated heterocycles. The van der Waals surface area contributed by atoms with E-state index in [4.69, 9.17) is 5.48 Å². The van der Waals surface area contributed by atoms with E-state index in [0.717, 1.165) is 72.3 Å². The Morgan fingerprint density at radius 2 is 0.617 bits per heavy atom. The van der Waals surface area contributed by atoms with Crippen molar-refractivity contribution in [1.82, 2.24) is 24.5 Å². The molecule has 6 atom stereocenters. The van der Waals surface area contributed by atoms with Crippen LogP contribution in [0.4, 0.5) is 39.8 Å². The van der Waals surface area contributed by atoms with Crippen LogP contribution in [0.3, 0.4) is 0 Å². The van der Waals surface area contributed by atoms with E-state index in [1.807, 2.05) is 83.4 Å². The van der Waals surface area contributed by atoms with E-state index in [0.29, 0.717) is 18.5 Å². The number of fused-ring (bicyclic) bond motifs is 8. The summed E-state index contributed by atoms with van der Waals surface area (Å²) in [5.41, 5.74) is 39.8. The van der Waals surface area contributed by atoms with Gasteiger partial charge in [0.2, 0.25) is 0 Å². The van der Waals surface area contributed by atoms with Gasteiger partial charge in [0.15, 0.2) is 0 Å². The summed E-state index contributed by atoms with van der Waals surface area (Å²) < 4.78 is 32.1. The maximum absolute atomic E-state index is 8.34. The SMILES string of the molecule is CC1=C2CC=CN2C(C)N1c1ccccc1C.CC1=C2CC=CN2C(C2CCCC2)N1c1ccccc1C.CC1=C2CC=CN2C(C2CCCCC2)N1c1ccccc1C.CC1=C2N(c3ccccc3C2(c2ccccc2)c2ccccc2)C(c2c(C)cccc2C)N1c1ccccc1C.[2H]C([2H])([2H])C1N2C=CCC2=C(C)N1c1ccccc1C.[2H]C1N2C=CCC2=C(C)N1c1ccccc1C. The minimum Gasteiger partial charge on any atom is -0.331 e. The lowest BCUT2D eigenvalue weighted by molar-refractivity contribution is 0.214. The molecule has 12 nitrogen and oxygen atoms in total. The molecule has 2 saturated carbocycles. The van der Waals surface area contributed by atoms with Crippen LogP contribution in [0.15, 0.2) is 378 Å². The number of para-hydroxylation sites is 7. The normalized spacial score (nSPS) is 22.5. The van der Waals surface area contributed by atoms with Gasteiger partial charge in [-0.25, -0.2) is 0 Å². The highest BCUT2D eigenvalue weighted by atomic mass is 15.5. The van der Waals surface area contributed by atoms with E-state index >= 15 is 0 Å². The highest BCUT2D eigenvalue weighted by Gasteiger charge is 2.58. The number of benzene rings is 10. The van der Waals surface area contributed by atoms with Gasteiger partial charge in [-0.2, -0.15) is 0 Å². The van der Waals surface area contributed by atoms with E-state index in [1.165, 1.54) is 204 Å². The number of hydrogen-bond donors (Lipinski definition) is 0. The van der Waals surface area contributed by atoms with Crippen molar-refractivity contribution < 1.29 is 5.48 Å². The van der Waals surface area contributed by atoms with Crippen molar-refractivity contribution in [3.05, 3.63) is 445 Å². The Morgan fingerprint density at radius 3 is 1.05 bits per heavy atom. The fourth-order valence-electron chi connectivity index (χ4n) is 24.1. The zero-order valence-electron chi connectivity index (χ0n) is 84.8. The second kappa shape index (κ2) is 37.9. The van der Waals surface area contributed by atoms with Crippen molar-refractivity contribution in [3.8, 4) is 0 Å². The van der Waals surface area contributed by atoms with E-state index < -0.39 is 18.4 Å². The topological polar surface area (TPSA) is 38.9 Å². The third-order valence-electron chi connectivity index (χ3n) is 30.7. The summed E-state index contributed by atoms with van der Waals surface area (Å²) in [6.07, 6.45) is 40.1. The molecule has 133 heavy (non-hydrogen) atoms. The number of hydrogen-bond acceptors (Lipinski definition) is 12. The number of allylic oxidation sites excluding steroid dienone is 12. The van der Waals surface area contributed by atoms with Crippen molar-refractivity contribution in [2.45, 2.75) is 237 Å². The zero-order valence-corrected chi connectivity index (χ0v) is 80.8. The molecule has 0 amide bonds. The van der Waals surface area contributed by atoms with Crippen molar-refractivity contribution in [2.24, 2.45) is 11.8 Å². The molecule has 10 aromatic carbocycles. The summed E-state index contributed by atoms with van der Waals surface area (Å²) in [4.78, 5) is 28.4. The Labute approximate surface area is 799 Å². The highest BCUT2D eigenvalue weighted by molar-refractivity contribution is 5.85. The van der Waals surface area contributed by atoms with Crippen LogP contribution in [-0.4, -0.2) is 55.8 Å². The fourth-order valence-corrected chi connectivity index (χ4v) is 24.1. The average molecular weight is 1760 g/mol. The molecule has 6 unspecified atom stereocenters. The predicted octanol–water partition coefficient (Wildman–Crippen LogP) is 29.6. The second-order valence-electron chi connectivity index (χ2n) is 38.5. The molecular weight excluding hydrogens is 1620 g/mol. The molecule has 0 spiro atoms. The summed E-state index contributed by atoms with van der Waals surface area (Å²) in [6, 6.07) is 89.2. The first-order valence-electron chi connectivity index (χ1n) is 51.0. The summed E-state index contributed by atoms with van der Waals surface area (Å²) in [7, 11) is 0. The Kier molecular flexibility index (Phi) is 24.0. The van der Waals surface area contributed by atoms with E-state index in [2.05, 4.69) is 389 Å². The van der Waals surface area contributed by atoms with Crippen LogP contribution in [0.25, 0.3) is 0 Å². The lowest BCUT2D eigenvalue weighted by atomic mass is 9.68. The van der Waals surface area contributed by atoms with Crippen LogP contribution in [-0.2, 0) is 5.41 Å². The molecule has 10 aromatic rings. The number of aryl methyl sites for hydroxylation is 8. The summed E-state index contributed by atoms with van der Waals surface area (Å²) in [6.45, 7) is 30.6. The average Bonchev–Trinajstić information content (AvgIpc) is 1.50. The molecular formula is C121H136N12. The van der Waals surface area contributed by atoms with Crippen LogP contribution >= 0.6 is 0 Å². The Hall–Kier alpha value is -13.1. The van der Waals surface area contributed by atoms with Crippen LogP contribution < -0.4 is 34.3 Å². The fraction of sp³-hybridized carbons (Fsp3) is 0.322. The standard InChI is InChI=1S/C38H34N2.C20H26N2.C19H24N2.2C15H18N2.C14H16N2/c1-26-16-11-13-24-33(26)39-29(4)36-38(30-19-7-5-8-20-30,31-21-9-6-10-22-31)32-23-12-14-25-34(32)40(36)37(39)35-27(2)17-15-18-28(35)3;1-15-9-6-7-12-18(15)22-16(2)19-13-8-14-21(19)20(22)17-10-4-3-5-11-17;1-14-8-3-6-11-17(14)21-15(2)18-12-7-13-20(18)19(21)16-9-4-5-10-16;2*1-11-7-4-5-8-14(11)17-12(2)15-9-6-10-16(15)13(17)3;1-11-6-3-4-7-13(11)16-10-15-9-5-8-14(15)12(16)2/h5-25,37H,1-4H3;6-9,12,14,17,20H,3-5,10-11,13H2,1-2H3;3,6-8,11,13,16,19H,4-5,9-10,12H2,1-2H3;2*4-8,10,13H,9H2,1-3H3;3-7,9H,8,10H2,1-2H3/i;;;3D3;;10D. The van der Waals surface area contributed by atoms with Crippen LogP contribution in [0, 0.1) is 67.2 Å². The molecule has 0 N–H and O–H groups in total. The highest BCUT2D eigenvalue weighted by Crippen LogP contribution is 2.64. The second-order valence-corrected chi connectivity index (χ2v) is 38.5. The Morgan fingerprint density at radius 1 is 0.286 bits per heavy atom. The molecule has 0 bridgehead atoms. The maximum Gasteiger partial charge on any atom is 0.137 e. The molecule has 680 valence electrons. The molecule has 12 aliphatic heterocycles. The Bertz CT molecular complexity index is 6390. The van der Waals surface area contributed by atoms with Gasteiger partial charge in [0.1, 0.15) is 30.8 Å². The van der Waals surface area contributed by atoms with Crippen LogP contribution in [0.2, 0.25) is 0 Å². The monoisotopic (exact) mass is 1760 g/mol. The van der Waals surface area contributed by atoms with Crippen LogP contribution in [0.5, 0.6) is 0 Å². The summed E-state index contributed by atoms with van der Waals surface area (Å²) in [5, 5.41) is 0. The van der Waals surface area contributed by atoms with Crippen molar-refractivity contribution in [3.63, 3.8) is 0 Å². The predicted molar refractivity (Wildman–Crippen MR) is 556 cm³/mol. The third kappa shape index (κ3) is 16.0. The van der Waals surface area contributed by atoms with Gasteiger partial charge in [-0.05, 0) is 252 Å². The van der Waals surface area contributed by atoms with Gasteiger partial charge in [0, 0.05) is 175 Å². The molecule has 24 rings (SSSR count). The minimum atomic E-state index is -2.07. The summed E-state index contributed by atoms with van der Waals surface area (Å²) >= 11 is 0. The molecule has 2 aliphatic carbocycles. The molecule has 12 heterocycles. The Balaban J connectivity index is 0.000000109. The van der Waals surface area contributed by atoms with E-state index in [9.17, 15) is 0 Å². The van der Waals surface area contributed by atoms with Gasteiger partial charge in [-0.15, -0.1) is 0 Å².